The van der Waals surface area contributed by atoms with Crippen LogP contribution >= 0.6 is 11.8 Å². The topological polar surface area (TPSA) is 73.2 Å². The Morgan fingerprint density at radius 1 is 1.36 bits per heavy atom. The second kappa shape index (κ2) is 7.74. The van der Waals surface area contributed by atoms with Gasteiger partial charge in [-0.15, -0.1) is 0 Å². The van der Waals surface area contributed by atoms with E-state index in [1.54, 1.807) is 23.7 Å². The van der Waals surface area contributed by atoms with E-state index >= 15 is 0 Å². The Morgan fingerprint density at radius 3 is 2.68 bits per heavy atom. The molecule has 0 bridgehead atoms. The highest BCUT2D eigenvalue weighted by molar-refractivity contribution is 8.01. The Labute approximate surface area is 150 Å². The summed E-state index contributed by atoms with van der Waals surface area (Å²) < 4.78 is 6.69. The van der Waals surface area contributed by atoms with E-state index in [-0.39, 0.29) is 11.9 Å². The van der Waals surface area contributed by atoms with Gasteiger partial charge in [-0.25, -0.2) is 9.48 Å². The van der Waals surface area contributed by atoms with Gasteiger partial charge < -0.3 is 10.1 Å². The lowest BCUT2D eigenvalue weighted by Crippen LogP contribution is -2.34. The van der Waals surface area contributed by atoms with Gasteiger partial charge in [0.25, 0.3) is 5.91 Å². The maximum atomic E-state index is 12.2. The normalized spacial score (nSPS) is 16.2. The molecule has 1 saturated heterocycles. The predicted molar refractivity (Wildman–Crippen MR) is 97.5 cm³/mol. The molecule has 7 heteroatoms. The Bertz CT molecular complexity index is 766. The minimum atomic E-state index is -0.379. The molecule has 0 spiro atoms. The first-order valence-electron chi connectivity index (χ1n) is 8.32. The smallest absolute Gasteiger partial charge is 0.341 e. The summed E-state index contributed by atoms with van der Waals surface area (Å²) in [4.78, 5) is 24.0. The van der Waals surface area contributed by atoms with E-state index in [0.717, 1.165) is 5.69 Å². The average molecular weight is 359 g/mol. The van der Waals surface area contributed by atoms with Crippen molar-refractivity contribution in [3.05, 3.63) is 47.3 Å². The number of aromatic nitrogens is 2. The maximum Gasteiger partial charge on any atom is 0.341 e. The first-order valence-corrected chi connectivity index (χ1v) is 9.37. The van der Waals surface area contributed by atoms with Gasteiger partial charge in [0, 0.05) is 17.4 Å². The molecule has 132 valence electrons. The first-order chi connectivity index (χ1) is 12.1. The van der Waals surface area contributed by atoms with E-state index in [1.165, 1.54) is 18.4 Å². The van der Waals surface area contributed by atoms with Crippen LogP contribution in [0.1, 0.15) is 39.8 Å². The number of nitrogens with zero attached hydrogens (tertiary/aromatic N) is 2. The van der Waals surface area contributed by atoms with Gasteiger partial charge in [-0.2, -0.15) is 16.9 Å². The molecule has 0 radical (unpaired) electrons. The summed E-state index contributed by atoms with van der Waals surface area (Å²) in [6, 6.07) is 7.18. The van der Waals surface area contributed by atoms with Crippen LogP contribution in [-0.2, 0) is 4.74 Å². The van der Waals surface area contributed by atoms with Crippen molar-refractivity contribution < 1.29 is 14.3 Å². The molecular formula is C18H21N3O3S. The highest BCUT2D eigenvalue weighted by Gasteiger charge is 2.19. The minimum Gasteiger partial charge on any atom is -0.462 e. The van der Waals surface area contributed by atoms with E-state index in [4.69, 9.17) is 4.74 Å². The van der Waals surface area contributed by atoms with Gasteiger partial charge in [0.1, 0.15) is 5.56 Å². The van der Waals surface area contributed by atoms with Gasteiger partial charge in [-0.1, -0.05) is 0 Å². The lowest BCUT2D eigenvalue weighted by Gasteiger charge is -2.24. The van der Waals surface area contributed by atoms with E-state index in [0.29, 0.717) is 35.2 Å². The summed E-state index contributed by atoms with van der Waals surface area (Å²) in [6.45, 7) is 4.63. The third-order valence-corrected chi connectivity index (χ3v) is 5.51. The van der Waals surface area contributed by atoms with Crippen molar-refractivity contribution in [2.75, 3.05) is 18.9 Å². The zero-order valence-corrected chi connectivity index (χ0v) is 15.1. The third kappa shape index (κ3) is 3.87. The molecule has 0 aliphatic carbocycles. The lowest BCUT2D eigenvalue weighted by atomic mass is 10.2. The molecule has 0 saturated carbocycles. The van der Waals surface area contributed by atoms with E-state index in [9.17, 15) is 9.59 Å². The number of nitrogens with one attached hydrogen (secondary N) is 1. The van der Waals surface area contributed by atoms with Crippen LogP contribution in [0.25, 0.3) is 5.69 Å². The van der Waals surface area contributed by atoms with E-state index in [1.807, 2.05) is 30.8 Å². The largest absolute Gasteiger partial charge is 0.462 e. The predicted octanol–water partition coefficient (Wildman–Crippen LogP) is 2.59. The fourth-order valence-corrected chi connectivity index (χ4v) is 3.36. The summed E-state index contributed by atoms with van der Waals surface area (Å²) in [7, 11) is 0. The van der Waals surface area contributed by atoms with Crippen molar-refractivity contribution in [1.29, 1.82) is 0 Å². The number of hydrogen-bond acceptors (Lipinski definition) is 5. The van der Waals surface area contributed by atoms with Gasteiger partial charge in [-0.3, -0.25) is 4.79 Å². The Morgan fingerprint density at radius 2 is 2.08 bits per heavy atom. The van der Waals surface area contributed by atoms with E-state index in [2.05, 4.69) is 10.4 Å². The van der Waals surface area contributed by atoms with Crippen molar-refractivity contribution in [3.8, 4) is 5.69 Å². The summed E-state index contributed by atoms with van der Waals surface area (Å²) in [5.41, 5.74) is 2.56. The molecule has 1 aromatic heterocycles. The van der Waals surface area contributed by atoms with Gasteiger partial charge in [0.05, 0.1) is 24.2 Å². The number of amides is 1. The van der Waals surface area contributed by atoms with Crippen molar-refractivity contribution in [2.45, 2.75) is 25.5 Å². The number of ether oxygens (including phenoxy) is 1. The number of esters is 1. The minimum absolute atomic E-state index is 0.0663. The molecule has 1 aliphatic rings. The summed E-state index contributed by atoms with van der Waals surface area (Å²) in [5, 5.41) is 7.77. The van der Waals surface area contributed by atoms with Crippen molar-refractivity contribution in [3.63, 3.8) is 0 Å². The quantitative estimate of drug-likeness (QED) is 0.803. The fraction of sp³-hybridized carbons (Fsp3) is 0.389. The molecule has 1 amide bonds. The Hall–Kier alpha value is -2.28. The molecule has 1 unspecified atom stereocenters. The zero-order valence-electron chi connectivity index (χ0n) is 14.3. The van der Waals surface area contributed by atoms with Crippen LogP contribution in [0.2, 0.25) is 0 Å². The molecular weight excluding hydrogens is 338 g/mol. The number of carbonyl (C=O) groups is 2. The maximum absolute atomic E-state index is 12.2. The molecule has 2 heterocycles. The Balaban J connectivity index is 1.69. The molecule has 1 fully saturated rings. The van der Waals surface area contributed by atoms with Crippen molar-refractivity contribution in [2.24, 2.45) is 0 Å². The van der Waals surface area contributed by atoms with Crippen LogP contribution in [0.3, 0.4) is 0 Å². The van der Waals surface area contributed by atoms with Gasteiger partial charge in [0.2, 0.25) is 0 Å². The third-order valence-electron chi connectivity index (χ3n) is 4.16. The first kappa shape index (κ1) is 17.5. The van der Waals surface area contributed by atoms with Crippen LogP contribution in [-0.4, -0.2) is 45.8 Å². The van der Waals surface area contributed by atoms with Crippen LogP contribution < -0.4 is 5.32 Å². The molecule has 1 N–H and O–H groups in total. The fourth-order valence-electron chi connectivity index (χ4n) is 2.59. The number of rotatable bonds is 6. The van der Waals surface area contributed by atoms with Gasteiger partial charge >= 0.3 is 5.97 Å². The summed E-state index contributed by atoms with van der Waals surface area (Å²) >= 11 is 1.89. The molecule has 1 aromatic carbocycles. The number of thioether (sulfide) groups is 1. The standard InChI is InChI=1S/C18H21N3O3S/c1-3-24-18(23)16-11-20-21(12(16)2)14-6-4-13(5-7-14)17(22)19-10-15-8-9-25-15/h4-7,11,15H,3,8-10H2,1-2H3,(H,19,22). The van der Waals surface area contributed by atoms with Gasteiger partial charge in [-0.05, 0) is 50.3 Å². The van der Waals surface area contributed by atoms with Crippen molar-refractivity contribution in [1.82, 2.24) is 15.1 Å². The molecule has 2 aromatic rings. The van der Waals surface area contributed by atoms with Crippen LogP contribution in [0.4, 0.5) is 0 Å². The Kier molecular flexibility index (Phi) is 5.43. The second-order valence-corrected chi connectivity index (χ2v) is 7.22. The molecule has 25 heavy (non-hydrogen) atoms. The highest BCUT2D eigenvalue weighted by atomic mass is 32.2. The van der Waals surface area contributed by atoms with E-state index < -0.39 is 0 Å². The molecule has 6 nitrogen and oxygen atoms in total. The SMILES string of the molecule is CCOC(=O)c1cnn(-c2ccc(C(=O)NCC3CCS3)cc2)c1C. The summed E-state index contributed by atoms with van der Waals surface area (Å²) in [5.74, 6) is 0.742. The van der Waals surface area contributed by atoms with Crippen LogP contribution in [0.5, 0.6) is 0 Å². The van der Waals surface area contributed by atoms with Gasteiger partial charge in [0.15, 0.2) is 0 Å². The summed E-state index contributed by atoms with van der Waals surface area (Å²) in [6.07, 6.45) is 2.68. The monoisotopic (exact) mass is 359 g/mol. The zero-order chi connectivity index (χ0) is 17.8. The lowest BCUT2D eigenvalue weighted by molar-refractivity contribution is 0.0525. The molecule has 1 aliphatic heterocycles. The average Bonchev–Trinajstić information content (AvgIpc) is 2.95. The second-order valence-electron chi connectivity index (χ2n) is 5.81. The molecule has 3 rings (SSSR count). The number of carbonyl (C=O) groups excluding carboxylic acids is 2. The highest BCUT2D eigenvalue weighted by Crippen LogP contribution is 2.26. The number of hydrogen-bond donors (Lipinski definition) is 1. The number of benzene rings is 1. The van der Waals surface area contributed by atoms with Crippen LogP contribution in [0.15, 0.2) is 30.5 Å². The molecule has 1 atom stereocenters. The van der Waals surface area contributed by atoms with Crippen LogP contribution in [0, 0.1) is 6.92 Å². The van der Waals surface area contributed by atoms with Crippen molar-refractivity contribution >= 4 is 23.6 Å².